The third-order valence-corrected chi connectivity index (χ3v) is 12.2. The Morgan fingerprint density at radius 3 is 1.86 bits per heavy atom. The zero-order valence-electron chi connectivity index (χ0n) is 4.61. The van der Waals surface area contributed by atoms with Crippen molar-refractivity contribution >= 4 is 28.7 Å². The summed E-state index contributed by atoms with van der Waals surface area (Å²) in [5.41, 5.74) is 0. The second-order valence-electron chi connectivity index (χ2n) is 2.27. The van der Waals surface area contributed by atoms with Crippen LogP contribution in [0.2, 0.25) is 13.9 Å². The third kappa shape index (κ3) is 1.91. The molecule has 1 saturated heterocycles. The van der Waals surface area contributed by atoms with Gasteiger partial charge in [-0.25, -0.2) is 0 Å². The van der Waals surface area contributed by atoms with E-state index in [4.69, 9.17) is 0 Å². The molecule has 0 saturated carbocycles. The zero-order valence-corrected chi connectivity index (χ0v) is 8.53. The Kier molecular flexibility index (Phi) is 2.05. The maximum absolute atomic E-state index is 3.83. The van der Waals surface area contributed by atoms with Gasteiger partial charge in [0.15, 0.2) is 0 Å². The summed E-state index contributed by atoms with van der Waals surface area (Å²) in [7, 11) is 0. The average molecular weight is 279 g/mol. The Hall–Kier alpha value is 1.27. The minimum absolute atomic E-state index is 1.18. The monoisotopic (exact) mass is 280 g/mol. The Morgan fingerprint density at radius 1 is 1.29 bits per heavy atom. The minimum atomic E-state index is -1.18. The molecule has 0 aromatic heterocycles. The molecule has 1 heterocycles. The molecule has 2 heteroatoms. The summed E-state index contributed by atoms with van der Waals surface area (Å²) in [5.74, 6) is 0. The summed E-state index contributed by atoms with van der Waals surface area (Å²) in [4.78, 5) is 2.47. The molecule has 44 valence electrons. The van der Waals surface area contributed by atoms with Crippen LogP contribution in [-0.2, 0) is 0 Å². The van der Waals surface area contributed by atoms with Crippen LogP contribution >= 0.6 is 12.8 Å². The molecule has 1 aliphatic rings. The molecule has 0 unspecified atom stereocenters. The Bertz CT molecular complexity index is 62.5. The first-order chi connectivity index (χ1) is 3.21. The van der Waals surface area contributed by atoms with Crippen molar-refractivity contribution in [2.45, 2.75) is 26.8 Å². The van der Waals surface area contributed by atoms with Crippen LogP contribution in [0.25, 0.3) is 0 Å². The van der Waals surface area contributed by atoms with Crippen molar-refractivity contribution in [3.8, 4) is 0 Å². The summed E-state index contributed by atoms with van der Waals surface area (Å²) in [6, 6.07) is 0. The van der Waals surface area contributed by atoms with Crippen molar-refractivity contribution in [3.63, 3.8) is 0 Å². The first-order valence-corrected chi connectivity index (χ1v) is 13.5. The van der Waals surface area contributed by atoms with E-state index >= 15 is 0 Å². The Morgan fingerprint density at radius 2 is 1.71 bits per heavy atom. The van der Waals surface area contributed by atoms with E-state index in [0.717, 1.165) is 0 Å². The molecule has 0 radical (unpaired) electrons. The van der Waals surface area contributed by atoms with Crippen LogP contribution in [0.15, 0.2) is 0 Å². The van der Waals surface area contributed by atoms with Gasteiger partial charge in [-0.3, -0.25) is 0 Å². The van der Waals surface area contributed by atoms with Gasteiger partial charge in [0.05, 0.1) is 0 Å². The number of rotatable bonds is 0. The molecule has 0 nitrogen and oxygen atoms in total. The fraction of sp³-hybridized carbons (Fsp3) is 1.00. The molecule has 0 aliphatic carbocycles. The fourth-order valence-electron chi connectivity index (χ4n) is 0.908. The van der Waals surface area contributed by atoms with Crippen molar-refractivity contribution in [1.82, 2.24) is 0 Å². The average Bonchev–Trinajstić information content (AvgIpc) is 1.84. The Balaban J connectivity index is 2.40. The predicted octanol–water partition coefficient (Wildman–Crippen LogP) is 2.75. The van der Waals surface area contributed by atoms with Gasteiger partial charge >= 0.3 is 55.5 Å². The van der Waals surface area contributed by atoms with Crippen LogP contribution in [0, 0.1) is 0 Å². The molecule has 0 amide bonds. The predicted molar refractivity (Wildman–Crippen MR) is 39.4 cm³/mol. The summed E-state index contributed by atoms with van der Waals surface area (Å²) in [5, 5.41) is 0. The van der Waals surface area contributed by atoms with E-state index < -0.39 is 16.0 Å². The van der Waals surface area contributed by atoms with E-state index in [2.05, 4.69) is 17.7 Å². The number of halogens is 1. The standard InChI is InChI=1S/C5H11BrTe/c1-7(6)4-2-3-5-7/h2-5H2,1H3. The van der Waals surface area contributed by atoms with E-state index in [1.54, 1.807) is 8.94 Å². The van der Waals surface area contributed by atoms with Crippen molar-refractivity contribution in [2.24, 2.45) is 0 Å². The molecule has 0 spiro atoms. The molecule has 1 aliphatic heterocycles. The molecule has 1 rings (SSSR count). The zero-order chi connectivity index (χ0) is 5.33. The van der Waals surface area contributed by atoms with Crippen LogP contribution in [0.4, 0.5) is 0 Å². The molecular formula is C5H11BrTe. The van der Waals surface area contributed by atoms with Gasteiger partial charge in [0.1, 0.15) is 0 Å². The second-order valence-corrected chi connectivity index (χ2v) is 21.7. The summed E-state index contributed by atoms with van der Waals surface area (Å²) >= 11 is 2.65. The number of hydrogen-bond donors (Lipinski definition) is 0. The molecule has 1 fully saturated rings. The number of hydrogen-bond acceptors (Lipinski definition) is 0. The molecule has 0 atom stereocenters. The first kappa shape index (κ1) is 6.39. The van der Waals surface area contributed by atoms with E-state index in [9.17, 15) is 0 Å². The summed E-state index contributed by atoms with van der Waals surface area (Å²) in [6.45, 7) is 0. The van der Waals surface area contributed by atoms with Crippen LogP contribution in [0.3, 0.4) is 0 Å². The molecule has 0 bridgehead atoms. The van der Waals surface area contributed by atoms with Crippen molar-refractivity contribution < 1.29 is 0 Å². The fourth-order valence-corrected chi connectivity index (χ4v) is 9.16. The molecule has 7 heavy (non-hydrogen) atoms. The molecular weight excluding hydrogens is 268 g/mol. The van der Waals surface area contributed by atoms with Gasteiger partial charge in [0, 0.05) is 0 Å². The van der Waals surface area contributed by atoms with Crippen LogP contribution in [-0.4, -0.2) is 16.0 Å². The molecule has 0 N–H and O–H groups in total. The SMILES string of the molecule is C[Te]1(Br)CCCC1. The van der Waals surface area contributed by atoms with Gasteiger partial charge in [0.25, 0.3) is 0 Å². The van der Waals surface area contributed by atoms with E-state index in [1.165, 1.54) is 12.8 Å². The van der Waals surface area contributed by atoms with E-state index in [1.807, 2.05) is 0 Å². The third-order valence-electron chi connectivity index (χ3n) is 1.39. The topological polar surface area (TPSA) is 0 Å². The van der Waals surface area contributed by atoms with Gasteiger partial charge in [0.2, 0.25) is 0 Å². The quantitative estimate of drug-likeness (QED) is 0.598. The normalized spacial score (nSPS) is 32.9. The molecule has 0 aromatic carbocycles. The van der Waals surface area contributed by atoms with Gasteiger partial charge in [-0.2, -0.15) is 0 Å². The van der Waals surface area contributed by atoms with Crippen LogP contribution < -0.4 is 0 Å². The van der Waals surface area contributed by atoms with Crippen LogP contribution in [0.5, 0.6) is 0 Å². The van der Waals surface area contributed by atoms with Gasteiger partial charge < -0.3 is 0 Å². The van der Waals surface area contributed by atoms with Gasteiger partial charge in [-0.1, -0.05) is 0 Å². The van der Waals surface area contributed by atoms with Gasteiger partial charge in [-0.05, 0) is 0 Å². The Labute approximate surface area is 55.3 Å². The van der Waals surface area contributed by atoms with Crippen molar-refractivity contribution in [1.29, 1.82) is 0 Å². The molecule has 0 aromatic rings. The van der Waals surface area contributed by atoms with Gasteiger partial charge in [-0.15, -0.1) is 0 Å². The maximum atomic E-state index is 3.83. The van der Waals surface area contributed by atoms with E-state index in [0.29, 0.717) is 0 Å². The summed E-state index contributed by atoms with van der Waals surface area (Å²) < 4.78 is 3.12. The summed E-state index contributed by atoms with van der Waals surface area (Å²) in [6.07, 6.45) is 3.01. The first-order valence-electron chi connectivity index (χ1n) is 2.64. The van der Waals surface area contributed by atoms with E-state index in [-0.39, 0.29) is 0 Å². The van der Waals surface area contributed by atoms with Crippen molar-refractivity contribution in [2.75, 3.05) is 0 Å². The second kappa shape index (κ2) is 2.25. The van der Waals surface area contributed by atoms with Crippen molar-refractivity contribution in [3.05, 3.63) is 0 Å². The van der Waals surface area contributed by atoms with Crippen LogP contribution in [0.1, 0.15) is 12.8 Å².